The minimum absolute atomic E-state index is 0.271. The molecule has 0 aliphatic heterocycles. The van der Waals surface area contributed by atoms with Crippen LogP contribution in [0.3, 0.4) is 0 Å². The van der Waals surface area contributed by atoms with Gasteiger partial charge >= 0.3 is 0 Å². The van der Waals surface area contributed by atoms with E-state index in [4.69, 9.17) is 17.3 Å². The van der Waals surface area contributed by atoms with Crippen LogP contribution in [0.5, 0.6) is 0 Å². The molecule has 1 atom stereocenters. The number of halogens is 1. The monoisotopic (exact) mass is 268 g/mol. The molecule has 0 saturated heterocycles. The molecule has 4 nitrogen and oxygen atoms in total. The molecular weight excluding hydrogens is 252 g/mol. The number of primary amides is 1. The number of amides is 2. The molecule has 1 aromatic carbocycles. The Labute approximate surface area is 112 Å². The topological polar surface area (TPSA) is 72.2 Å². The Morgan fingerprint density at radius 2 is 1.83 bits per heavy atom. The second-order valence-corrected chi connectivity index (χ2v) is 5.00. The highest BCUT2D eigenvalue weighted by Gasteiger charge is 2.19. The molecule has 0 unspecified atom stereocenters. The summed E-state index contributed by atoms with van der Waals surface area (Å²) in [6, 6.07) is 5.81. The largest absolute Gasteiger partial charge is 0.368 e. The van der Waals surface area contributed by atoms with Gasteiger partial charge < -0.3 is 11.1 Å². The molecule has 0 aliphatic carbocycles. The van der Waals surface area contributed by atoms with Crippen molar-refractivity contribution in [3.05, 3.63) is 34.9 Å². The number of rotatable bonds is 5. The van der Waals surface area contributed by atoms with Gasteiger partial charge in [0, 0.05) is 10.6 Å². The highest BCUT2D eigenvalue weighted by molar-refractivity contribution is 6.30. The van der Waals surface area contributed by atoms with E-state index in [2.05, 4.69) is 5.32 Å². The lowest BCUT2D eigenvalue weighted by Gasteiger charge is -2.17. The van der Waals surface area contributed by atoms with E-state index < -0.39 is 11.9 Å². The Hall–Kier alpha value is -1.55. The summed E-state index contributed by atoms with van der Waals surface area (Å²) < 4.78 is 0. The third kappa shape index (κ3) is 4.37. The van der Waals surface area contributed by atoms with Crippen molar-refractivity contribution in [1.82, 2.24) is 5.32 Å². The van der Waals surface area contributed by atoms with Crippen LogP contribution in [0.25, 0.3) is 0 Å². The lowest BCUT2D eigenvalue weighted by atomic mass is 10.0. The highest BCUT2D eigenvalue weighted by Crippen LogP contribution is 2.10. The molecule has 2 amide bonds. The molecule has 18 heavy (non-hydrogen) atoms. The van der Waals surface area contributed by atoms with Gasteiger partial charge in [0.1, 0.15) is 6.04 Å². The van der Waals surface area contributed by atoms with Gasteiger partial charge in [0.25, 0.3) is 5.91 Å². The maximum atomic E-state index is 11.9. The standard InChI is InChI=1S/C13H17ClN2O2/c1-8(2)7-11(12(15)17)16-13(18)9-3-5-10(14)6-4-9/h3-6,8,11H,7H2,1-2H3,(H2,15,17)(H,16,18)/t11-/m0/s1. The number of hydrogen-bond donors (Lipinski definition) is 2. The van der Waals surface area contributed by atoms with Crippen molar-refractivity contribution in [2.75, 3.05) is 0 Å². The maximum absolute atomic E-state index is 11.9. The van der Waals surface area contributed by atoms with Crippen LogP contribution in [-0.2, 0) is 4.79 Å². The summed E-state index contributed by atoms with van der Waals surface area (Å²) in [6.45, 7) is 3.93. The van der Waals surface area contributed by atoms with Crippen LogP contribution < -0.4 is 11.1 Å². The zero-order valence-electron chi connectivity index (χ0n) is 10.4. The zero-order chi connectivity index (χ0) is 13.7. The molecule has 98 valence electrons. The number of carbonyl (C=O) groups is 2. The van der Waals surface area contributed by atoms with E-state index in [0.29, 0.717) is 17.0 Å². The normalized spacial score (nSPS) is 12.2. The van der Waals surface area contributed by atoms with Gasteiger partial charge in [0.15, 0.2) is 0 Å². The summed E-state index contributed by atoms with van der Waals surface area (Å²) in [5.74, 6) is -0.574. The number of nitrogens with one attached hydrogen (secondary N) is 1. The van der Waals surface area contributed by atoms with Crippen molar-refractivity contribution in [1.29, 1.82) is 0 Å². The molecule has 0 heterocycles. The summed E-state index contributed by atoms with van der Waals surface area (Å²) in [5.41, 5.74) is 5.71. The lowest BCUT2D eigenvalue weighted by Crippen LogP contribution is -2.45. The first-order valence-corrected chi connectivity index (χ1v) is 6.13. The van der Waals surface area contributed by atoms with E-state index in [9.17, 15) is 9.59 Å². The van der Waals surface area contributed by atoms with Crippen molar-refractivity contribution < 1.29 is 9.59 Å². The molecule has 0 aliphatic rings. The fourth-order valence-electron chi connectivity index (χ4n) is 1.56. The second kappa shape index (κ2) is 6.40. The SMILES string of the molecule is CC(C)C[C@H](NC(=O)c1ccc(Cl)cc1)C(N)=O. The summed E-state index contributed by atoms with van der Waals surface area (Å²) in [4.78, 5) is 23.1. The molecule has 1 aromatic rings. The summed E-state index contributed by atoms with van der Waals surface area (Å²) in [7, 11) is 0. The average molecular weight is 269 g/mol. The van der Waals surface area contributed by atoms with Crippen LogP contribution in [0.4, 0.5) is 0 Å². The molecule has 1 rings (SSSR count). The fraction of sp³-hybridized carbons (Fsp3) is 0.385. The van der Waals surface area contributed by atoms with E-state index in [1.165, 1.54) is 0 Å². The van der Waals surface area contributed by atoms with Crippen LogP contribution in [0, 0.1) is 5.92 Å². The molecule has 0 saturated carbocycles. The summed E-state index contributed by atoms with van der Waals surface area (Å²) >= 11 is 5.74. The molecule has 0 spiro atoms. The van der Waals surface area contributed by atoms with Gasteiger partial charge in [0.05, 0.1) is 0 Å². The number of carbonyl (C=O) groups excluding carboxylic acids is 2. The third-order valence-corrected chi connectivity index (χ3v) is 2.71. The predicted octanol–water partition coefficient (Wildman–Crippen LogP) is 1.97. The smallest absolute Gasteiger partial charge is 0.251 e. The van der Waals surface area contributed by atoms with Gasteiger partial charge in [-0.15, -0.1) is 0 Å². The summed E-state index contributed by atoms with van der Waals surface area (Å²) in [6.07, 6.45) is 0.522. The number of nitrogens with two attached hydrogens (primary N) is 1. The van der Waals surface area contributed by atoms with Crippen molar-refractivity contribution in [2.45, 2.75) is 26.3 Å². The molecule has 3 N–H and O–H groups in total. The lowest BCUT2D eigenvalue weighted by molar-refractivity contribution is -0.120. The van der Waals surface area contributed by atoms with Gasteiger partial charge in [-0.2, -0.15) is 0 Å². The summed E-state index contributed by atoms with van der Waals surface area (Å²) in [5, 5.41) is 3.18. The van der Waals surface area contributed by atoms with Crippen LogP contribution in [0.15, 0.2) is 24.3 Å². The van der Waals surface area contributed by atoms with Crippen LogP contribution >= 0.6 is 11.6 Å². The number of benzene rings is 1. The molecule has 0 aromatic heterocycles. The third-order valence-electron chi connectivity index (χ3n) is 2.46. The highest BCUT2D eigenvalue weighted by atomic mass is 35.5. The molecule has 0 bridgehead atoms. The fourth-order valence-corrected chi connectivity index (χ4v) is 1.69. The van der Waals surface area contributed by atoms with E-state index in [1.807, 2.05) is 13.8 Å². The quantitative estimate of drug-likeness (QED) is 0.857. The Morgan fingerprint density at radius 1 is 1.28 bits per heavy atom. The van der Waals surface area contributed by atoms with Crippen LogP contribution in [0.1, 0.15) is 30.6 Å². The van der Waals surface area contributed by atoms with E-state index in [1.54, 1.807) is 24.3 Å². The minimum atomic E-state index is -0.645. The zero-order valence-corrected chi connectivity index (χ0v) is 11.2. The average Bonchev–Trinajstić information content (AvgIpc) is 2.28. The Bertz CT molecular complexity index is 429. The van der Waals surface area contributed by atoms with Gasteiger partial charge in [-0.25, -0.2) is 0 Å². The van der Waals surface area contributed by atoms with Crippen molar-refractivity contribution >= 4 is 23.4 Å². The molecule has 0 fully saturated rings. The van der Waals surface area contributed by atoms with Gasteiger partial charge in [0.2, 0.25) is 5.91 Å². The van der Waals surface area contributed by atoms with Gasteiger partial charge in [-0.05, 0) is 36.6 Å². The minimum Gasteiger partial charge on any atom is -0.368 e. The number of hydrogen-bond acceptors (Lipinski definition) is 2. The molecular formula is C13H17ClN2O2. The van der Waals surface area contributed by atoms with E-state index in [-0.39, 0.29) is 11.8 Å². The first kappa shape index (κ1) is 14.5. The van der Waals surface area contributed by atoms with Gasteiger partial charge in [-0.3, -0.25) is 9.59 Å². The predicted molar refractivity (Wildman–Crippen MR) is 71.4 cm³/mol. The van der Waals surface area contributed by atoms with Crippen LogP contribution in [0.2, 0.25) is 5.02 Å². The van der Waals surface area contributed by atoms with Gasteiger partial charge in [-0.1, -0.05) is 25.4 Å². The Kier molecular flexibility index (Phi) is 5.16. The first-order chi connectivity index (χ1) is 8.40. The molecule has 5 heteroatoms. The molecule has 0 radical (unpaired) electrons. The van der Waals surface area contributed by atoms with E-state index in [0.717, 1.165) is 0 Å². The van der Waals surface area contributed by atoms with Crippen molar-refractivity contribution in [3.8, 4) is 0 Å². The van der Waals surface area contributed by atoms with E-state index >= 15 is 0 Å². The van der Waals surface area contributed by atoms with Crippen molar-refractivity contribution in [3.63, 3.8) is 0 Å². The first-order valence-electron chi connectivity index (χ1n) is 5.76. The van der Waals surface area contributed by atoms with Crippen LogP contribution in [-0.4, -0.2) is 17.9 Å². The second-order valence-electron chi connectivity index (χ2n) is 4.56. The Morgan fingerprint density at radius 3 is 2.28 bits per heavy atom. The van der Waals surface area contributed by atoms with Crippen molar-refractivity contribution in [2.24, 2.45) is 11.7 Å². The Balaban J connectivity index is 2.72. The maximum Gasteiger partial charge on any atom is 0.251 e.